The van der Waals surface area contributed by atoms with E-state index in [9.17, 15) is 0 Å². The zero-order valence-corrected chi connectivity index (χ0v) is 9.16. The van der Waals surface area contributed by atoms with Gasteiger partial charge in [0.15, 0.2) is 0 Å². The number of para-hydroxylation sites is 1. The molecule has 0 bridgehead atoms. The van der Waals surface area contributed by atoms with Gasteiger partial charge in [0.1, 0.15) is 23.8 Å². The highest BCUT2D eigenvalue weighted by atomic mass is 16.5. The van der Waals surface area contributed by atoms with E-state index in [4.69, 9.17) is 19.9 Å². The van der Waals surface area contributed by atoms with Crippen molar-refractivity contribution >= 4 is 5.69 Å². The van der Waals surface area contributed by atoms with Gasteiger partial charge in [0, 0.05) is 7.11 Å². The Bertz CT molecular complexity index is 302. The lowest BCUT2D eigenvalue weighted by atomic mass is 10.3. The largest absolute Gasteiger partial charge is 0.492 e. The Kier molecular flexibility index (Phi) is 4.77. The lowest BCUT2D eigenvalue weighted by Crippen LogP contribution is -2.06. The van der Waals surface area contributed by atoms with Crippen LogP contribution < -0.4 is 15.2 Å². The molecule has 15 heavy (non-hydrogen) atoms. The number of ether oxygens (including phenoxy) is 3. The maximum atomic E-state index is 5.86. The normalized spacial score (nSPS) is 10.0. The Labute approximate surface area is 89.9 Å². The first kappa shape index (κ1) is 11.7. The van der Waals surface area contributed by atoms with Gasteiger partial charge in [-0.3, -0.25) is 0 Å². The third kappa shape index (κ3) is 3.32. The fourth-order valence-corrected chi connectivity index (χ4v) is 1.17. The fourth-order valence-electron chi connectivity index (χ4n) is 1.17. The van der Waals surface area contributed by atoms with Crippen molar-refractivity contribution in [3.8, 4) is 11.5 Å². The van der Waals surface area contributed by atoms with Crippen molar-refractivity contribution in [1.29, 1.82) is 0 Å². The third-order valence-electron chi connectivity index (χ3n) is 1.87. The van der Waals surface area contributed by atoms with Crippen LogP contribution in [0.1, 0.15) is 6.92 Å². The molecular weight excluding hydrogens is 194 g/mol. The SMILES string of the molecule is CCOc1cccc(OCCOC)c1N. The molecule has 0 aromatic heterocycles. The summed E-state index contributed by atoms with van der Waals surface area (Å²) in [5.41, 5.74) is 6.40. The summed E-state index contributed by atoms with van der Waals surface area (Å²) in [6, 6.07) is 5.49. The van der Waals surface area contributed by atoms with Crippen molar-refractivity contribution in [3.05, 3.63) is 18.2 Å². The number of hydrogen-bond acceptors (Lipinski definition) is 4. The van der Waals surface area contributed by atoms with Gasteiger partial charge in [0.05, 0.1) is 13.2 Å². The van der Waals surface area contributed by atoms with E-state index in [0.29, 0.717) is 37.0 Å². The van der Waals surface area contributed by atoms with Crippen LogP contribution in [0.4, 0.5) is 5.69 Å². The molecule has 0 amide bonds. The second-order valence-electron chi connectivity index (χ2n) is 2.94. The van der Waals surface area contributed by atoms with Crippen LogP contribution in [0.5, 0.6) is 11.5 Å². The van der Waals surface area contributed by atoms with Crippen molar-refractivity contribution < 1.29 is 14.2 Å². The van der Waals surface area contributed by atoms with E-state index in [1.54, 1.807) is 7.11 Å². The molecule has 0 heterocycles. The molecule has 0 radical (unpaired) electrons. The summed E-state index contributed by atoms with van der Waals surface area (Å²) >= 11 is 0. The summed E-state index contributed by atoms with van der Waals surface area (Å²) in [5.74, 6) is 1.30. The summed E-state index contributed by atoms with van der Waals surface area (Å²) in [6.07, 6.45) is 0. The van der Waals surface area contributed by atoms with E-state index in [1.165, 1.54) is 0 Å². The van der Waals surface area contributed by atoms with Gasteiger partial charge in [-0.25, -0.2) is 0 Å². The lowest BCUT2D eigenvalue weighted by Gasteiger charge is -2.12. The first-order chi connectivity index (χ1) is 7.29. The second kappa shape index (κ2) is 6.14. The molecular formula is C11H17NO3. The maximum Gasteiger partial charge on any atom is 0.146 e. The molecule has 0 saturated carbocycles. The molecule has 2 N–H and O–H groups in total. The van der Waals surface area contributed by atoms with Gasteiger partial charge >= 0.3 is 0 Å². The minimum Gasteiger partial charge on any atom is -0.492 e. The molecule has 84 valence electrons. The van der Waals surface area contributed by atoms with E-state index in [0.717, 1.165) is 0 Å². The van der Waals surface area contributed by atoms with Crippen molar-refractivity contribution in [1.82, 2.24) is 0 Å². The smallest absolute Gasteiger partial charge is 0.146 e. The Morgan fingerprint density at radius 1 is 1.13 bits per heavy atom. The minimum absolute atomic E-state index is 0.482. The molecule has 1 rings (SSSR count). The van der Waals surface area contributed by atoms with Gasteiger partial charge in [0.25, 0.3) is 0 Å². The van der Waals surface area contributed by atoms with E-state index in [2.05, 4.69) is 0 Å². The van der Waals surface area contributed by atoms with Gasteiger partial charge in [-0.1, -0.05) is 6.07 Å². The predicted octanol–water partition coefficient (Wildman–Crippen LogP) is 1.69. The molecule has 0 fully saturated rings. The zero-order valence-electron chi connectivity index (χ0n) is 9.16. The summed E-state index contributed by atoms with van der Waals surface area (Å²) in [6.45, 7) is 3.53. The van der Waals surface area contributed by atoms with Crippen molar-refractivity contribution in [2.45, 2.75) is 6.92 Å². The van der Waals surface area contributed by atoms with Gasteiger partial charge < -0.3 is 19.9 Å². The average Bonchev–Trinajstić information content (AvgIpc) is 2.24. The van der Waals surface area contributed by atoms with Crippen LogP contribution >= 0.6 is 0 Å². The molecule has 0 aliphatic rings. The first-order valence-electron chi connectivity index (χ1n) is 4.92. The molecule has 0 aliphatic heterocycles. The van der Waals surface area contributed by atoms with Crippen LogP contribution in [0.15, 0.2) is 18.2 Å². The molecule has 4 nitrogen and oxygen atoms in total. The summed E-state index contributed by atoms with van der Waals surface area (Å²) in [5, 5.41) is 0. The third-order valence-corrected chi connectivity index (χ3v) is 1.87. The van der Waals surface area contributed by atoms with Crippen molar-refractivity contribution in [3.63, 3.8) is 0 Å². The Hall–Kier alpha value is -1.42. The summed E-state index contributed by atoms with van der Waals surface area (Å²) in [7, 11) is 1.63. The second-order valence-corrected chi connectivity index (χ2v) is 2.94. The molecule has 0 unspecified atom stereocenters. The zero-order chi connectivity index (χ0) is 11.1. The lowest BCUT2D eigenvalue weighted by molar-refractivity contribution is 0.146. The van der Waals surface area contributed by atoms with Crippen LogP contribution in [0.25, 0.3) is 0 Å². The van der Waals surface area contributed by atoms with Gasteiger partial charge in [-0.2, -0.15) is 0 Å². The molecule has 1 aromatic carbocycles. The van der Waals surface area contributed by atoms with E-state index >= 15 is 0 Å². The van der Waals surface area contributed by atoms with Gasteiger partial charge in [-0.15, -0.1) is 0 Å². The molecule has 1 aromatic rings. The highest BCUT2D eigenvalue weighted by Crippen LogP contribution is 2.31. The topological polar surface area (TPSA) is 53.7 Å². The van der Waals surface area contributed by atoms with Gasteiger partial charge in [-0.05, 0) is 19.1 Å². The molecule has 4 heteroatoms. The number of rotatable bonds is 6. The molecule has 0 saturated heterocycles. The van der Waals surface area contributed by atoms with Crippen LogP contribution in [0.2, 0.25) is 0 Å². The Morgan fingerprint density at radius 3 is 2.40 bits per heavy atom. The van der Waals surface area contributed by atoms with Crippen LogP contribution in [0, 0.1) is 0 Å². The molecule has 0 atom stereocenters. The number of anilines is 1. The highest BCUT2D eigenvalue weighted by Gasteiger charge is 2.05. The highest BCUT2D eigenvalue weighted by molar-refractivity contribution is 5.62. The fraction of sp³-hybridized carbons (Fsp3) is 0.455. The summed E-state index contributed by atoms with van der Waals surface area (Å²) < 4.78 is 15.7. The van der Waals surface area contributed by atoms with Gasteiger partial charge in [0.2, 0.25) is 0 Å². The quantitative estimate of drug-likeness (QED) is 0.574. The standard InChI is InChI=1S/C11H17NO3/c1-3-14-9-5-4-6-10(11(9)12)15-8-7-13-2/h4-6H,3,7-8,12H2,1-2H3. The summed E-state index contributed by atoms with van der Waals surface area (Å²) in [4.78, 5) is 0. The van der Waals surface area contributed by atoms with E-state index in [-0.39, 0.29) is 0 Å². The van der Waals surface area contributed by atoms with Crippen molar-refractivity contribution in [2.24, 2.45) is 0 Å². The number of nitrogen functional groups attached to an aromatic ring is 1. The van der Waals surface area contributed by atoms with E-state index in [1.807, 2.05) is 25.1 Å². The Morgan fingerprint density at radius 2 is 1.80 bits per heavy atom. The van der Waals surface area contributed by atoms with Crippen LogP contribution in [-0.2, 0) is 4.74 Å². The number of nitrogens with two attached hydrogens (primary N) is 1. The minimum atomic E-state index is 0.482. The Balaban J connectivity index is 2.66. The number of benzene rings is 1. The monoisotopic (exact) mass is 211 g/mol. The van der Waals surface area contributed by atoms with Crippen molar-refractivity contribution in [2.75, 3.05) is 32.7 Å². The molecule has 0 spiro atoms. The van der Waals surface area contributed by atoms with E-state index < -0.39 is 0 Å². The average molecular weight is 211 g/mol. The number of hydrogen-bond donors (Lipinski definition) is 1. The predicted molar refractivity (Wildman–Crippen MR) is 59.4 cm³/mol. The molecule has 0 aliphatic carbocycles. The maximum absolute atomic E-state index is 5.86. The van der Waals surface area contributed by atoms with Crippen LogP contribution in [-0.4, -0.2) is 26.9 Å². The number of methoxy groups -OCH3 is 1. The first-order valence-corrected chi connectivity index (χ1v) is 4.92. The van der Waals surface area contributed by atoms with Crippen LogP contribution in [0.3, 0.4) is 0 Å².